The minimum Gasteiger partial charge on any atom is -0.410 e. The van der Waals surface area contributed by atoms with E-state index in [1.807, 2.05) is 0 Å². The van der Waals surface area contributed by atoms with Crippen LogP contribution in [0.25, 0.3) is 0 Å². The number of oxime groups is 1. The average Bonchev–Trinajstić information content (AvgIpc) is 2.11. The summed E-state index contributed by atoms with van der Waals surface area (Å²) in [5.41, 5.74) is 5.29. The molecular weight excluding hydrogens is 316 g/mol. The van der Waals surface area contributed by atoms with Gasteiger partial charge in [-0.05, 0) is 18.2 Å². The molecule has 1 aromatic rings. The van der Waals surface area contributed by atoms with Gasteiger partial charge in [-0.1, -0.05) is 37.0 Å². The normalized spacial score (nSPS) is 11.4. The molecule has 4 nitrogen and oxygen atoms in total. The molecule has 0 saturated heterocycles. The first-order valence-corrected chi connectivity index (χ1v) is 5.12. The maximum Gasteiger partial charge on any atom is 0.271 e. The van der Waals surface area contributed by atoms with Crippen LogP contribution in [0.5, 0.6) is 0 Å². The fourth-order valence-corrected chi connectivity index (χ4v) is 1.71. The summed E-state index contributed by atoms with van der Waals surface area (Å²) in [5, 5.41) is 11.5. The van der Waals surface area contributed by atoms with Gasteiger partial charge in [0.25, 0.3) is 5.91 Å². The fourth-order valence-electron chi connectivity index (χ4n) is 0.915. The van der Waals surface area contributed by atoms with E-state index < -0.39 is 5.91 Å². The average molecular weight is 322 g/mol. The smallest absolute Gasteiger partial charge is 0.271 e. The Morgan fingerprint density at radius 2 is 2.07 bits per heavy atom. The number of benzene rings is 1. The van der Waals surface area contributed by atoms with E-state index in [1.54, 1.807) is 18.2 Å². The first-order chi connectivity index (χ1) is 6.56. The number of primary amides is 1. The van der Waals surface area contributed by atoms with Crippen molar-refractivity contribution < 1.29 is 10.0 Å². The van der Waals surface area contributed by atoms with Crippen LogP contribution in [0, 0.1) is 0 Å². The van der Waals surface area contributed by atoms with Crippen molar-refractivity contribution in [2.45, 2.75) is 0 Å². The van der Waals surface area contributed by atoms with E-state index in [-0.39, 0.29) is 5.71 Å². The lowest BCUT2D eigenvalue weighted by molar-refractivity contribution is -0.112. The van der Waals surface area contributed by atoms with Gasteiger partial charge >= 0.3 is 0 Å². The van der Waals surface area contributed by atoms with Gasteiger partial charge in [-0.25, -0.2) is 0 Å². The van der Waals surface area contributed by atoms with Crippen molar-refractivity contribution in [2.75, 3.05) is 0 Å². The van der Waals surface area contributed by atoms with Crippen LogP contribution in [-0.4, -0.2) is 16.8 Å². The summed E-state index contributed by atoms with van der Waals surface area (Å²) in [6.45, 7) is 0. The number of amides is 1. The minimum atomic E-state index is -0.786. The molecule has 0 atom stereocenters. The molecule has 0 spiro atoms. The summed E-state index contributed by atoms with van der Waals surface area (Å²) in [6, 6.07) is 5.13. The lowest BCUT2D eigenvalue weighted by Crippen LogP contribution is -2.24. The van der Waals surface area contributed by atoms with Crippen LogP contribution in [-0.2, 0) is 4.79 Å². The predicted molar refractivity (Wildman–Crippen MR) is 59.4 cm³/mol. The standard InChI is InChI=1S/C8H6Br2N2O2/c9-4-1-2-6(10)5(3-4)7(12-14)8(11)13/h1-3,14H,(H2,11,13). The second-order valence-corrected chi connectivity index (χ2v) is 4.21. The van der Waals surface area contributed by atoms with E-state index in [0.29, 0.717) is 10.0 Å². The van der Waals surface area contributed by atoms with Gasteiger partial charge in [0.15, 0.2) is 5.71 Å². The highest BCUT2D eigenvalue weighted by molar-refractivity contribution is 9.11. The number of nitrogens with two attached hydrogens (primary N) is 1. The summed E-state index contributed by atoms with van der Waals surface area (Å²) in [4.78, 5) is 10.9. The van der Waals surface area contributed by atoms with Crippen molar-refractivity contribution in [3.8, 4) is 0 Å². The summed E-state index contributed by atoms with van der Waals surface area (Å²) in [5.74, 6) is -0.786. The highest BCUT2D eigenvalue weighted by atomic mass is 79.9. The number of hydrogen-bond acceptors (Lipinski definition) is 3. The SMILES string of the molecule is NC(=O)C(=NO)c1cc(Br)ccc1Br. The number of nitrogens with zero attached hydrogens (tertiary/aromatic N) is 1. The topological polar surface area (TPSA) is 75.7 Å². The first-order valence-electron chi connectivity index (χ1n) is 3.53. The van der Waals surface area contributed by atoms with Gasteiger partial charge in [-0.15, -0.1) is 0 Å². The molecule has 1 aromatic carbocycles. The van der Waals surface area contributed by atoms with Crippen molar-refractivity contribution in [3.63, 3.8) is 0 Å². The van der Waals surface area contributed by atoms with E-state index in [9.17, 15) is 4.79 Å². The number of carbonyl (C=O) groups excluding carboxylic acids is 1. The molecule has 0 aromatic heterocycles. The molecule has 3 N–H and O–H groups in total. The molecule has 0 saturated carbocycles. The highest BCUT2D eigenvalue weighted by Gasteiger charge is 2.14. The quantitative estimate of drug-likeness (QED) is 0.495. The van der Waals surface area contributed by atoms with E-state index >= 15 is 0 Å². The van der Waals surface area contributed by atoms with Crippen LogP contribution in [0.4, 0.5) is 0 Å². The maximum atomic E-state index is 10.9. The van der Waals surface area contributed by atoms with Gasteiger partial charge in [0.1, 0.15) is 0 Å². The molecule has 0 radical (unpaired) electrons. The Labute approximate surface area is 97.0 Å². The summed E-state index contributed by atoms with van der Waals surface area (Å²) in [7, 11) is 0. The summed E-state index contributed by atoms with van der Waals surface area (Å²) < 4.78 is 1.39. The Bertz CT molecular complexity index is 404. The van der Waals surface area contributed by atoms with Crippen LogP contribution in [0.2, 0.25) is 0 Å². The Morgan fingerprint density at radius 1 is 1.43 bits per heavy atom. The molecule has 0 fully saturated rings. The fraction of sp³-hybridized carbons (Fsp3) is 0. The number of hydrogen-bond donors (Lipinski definition) is 2. The minimum absolute atomic E-state index is 0.182. The third-order valence-corrected chi connectivity index (χ3v) is 2.70. The van der Waals surface area contributed by atoms with Gasteiger partial charge in [-0.3, -0.25) is 4.79 Å². The molecule has 0 heterocycles. The second-order valence-electron chi connectivity index (χ2n) is 2.44. The molecule has 14 heavy (non-hydrogen) atoms. The van der Waals surface area contributed by atoms with Gasteiger partial charge in [0.2, 0.25) is 0 Å². The zero-order valence-corrected chi connectivity index (χ0v) is 10.0. The second kappa shape index (κ2) is 4.56. The molecule has 6 heteroatoms. The molecule has 1 amide bonds. The molecule has 0 aliphatic rings. The molecule has 0 aliphatic carbocycles. The zero-order chi connectivity index (χ0) is 10.7. The number of halogens is 2. The first kappa shape index (κ1) is 11.2. The van der Waals surface area contributed by atoms with Crippen molar-refractivity contribution >= 4 is 43.5 Å². The summed E-state index contributed by atoms with van der Waals surface area (Å²) in [6.07, 6.45) is 0. The highest BCUT2D eigenvalue weighted by Crippen LogP contribution is 2.22. The summed E-state index contributed by atoms with van der Waals surface area (Å²) >= 11 is 6.45. The molecule has 74 valence electrons. The monoisotopic (exact) mass is 320 g/mol. The Morgan fingerprint density at radius 3 is 2.57 bits per heavy atom. The van der Waals surface area contributed by atoms with Crippen LogP contribution < -0.4 is 5.73 Å². The van der Waals surface area contributed by atoms with Crippen molar-refractivity contribution in [1.29, 1.82) is 0 Å². The Kier molecular flexibility index (Phi) is 3.65. The lowest BCUT2D eigenvalue weighted by atomic mass is 10.1. The molecule has 0 bridgehead atoms. The largest absolute Gasteiger partial charge is 0.410 e. The maximum absolute atomic E-state index is 10.9. The number of carbonyl (C=O) groups is 1. The van der Waals surface area contributed by atoms with Crippen LogP contribution >= 0.6 is 31.9 Å². The van der Waals surface area contributed by atoms with Crippen molar-refractivity contribution in [2.24, 2.45) is 10.9 Å². The van der Waals surface area contributed by atoms with Crippen LogP contribution in [0.3, 0.4) is 0 Å². The van der Waals surface area contributed by atoms with E-state index in [2.05, 4.69) is 37.0 Å². The predicted octanol–water partition coefficient (Wildman–Crippen LogP) is 1.88. The van der Waals surface area contributed by atoms with Gasteiger partial charge in [0, 0.05) is 14.5 Å². The van der Waals surface area contributed by atoms with Crippen LogP contribution in [0.15, 0.2) is 32.3 Å². The van der Waals surface area contributed by atoms with Gasteiger partial charge < -0.3 is 10.9 Å². The van der Waals surface area contributed by atoms with E-state index in [0.717, 1.165) is 4.47 Å². The van der Waals surface area contributed by atoms with E-state index in [4.69, 9.17) is 10.9 Å². The third kappa shape index (κ3) is 2.33. The van der Waals surface area contributed by atoms with Crippen molar-refractivity contribution in [3.05, 3.63) is 32.7 Å². The zero-order valence-electron chi connectivity index (χ0n) is 6.87. The van der Waals surface area contributed by atoms with Gasteiger partial charge in [-0.2, -0.15) is 0 Å². The van der Waals surface area contributed by atoms with Gasteiger partial charge in [0.05, 0.1) is 0 Å². The molecule has 0 unspecified atom stereocenters. The molecule has 1 rings (SSSR count). The molecular formula is C8H6Br2N2O2. The molecule has 0 aliphatic heterocycles. The lowest BCUT2D eigenvalue weighted by Gasteiger charge is -2.03. The Balaban J connectivity index is 3.30. The van der Waals surface area contributed by atoms with Crippen molar-refractivity contribution in [1.82, 2.24) is 0 Å². The number of rotatable bonds is 2. The van der Waals surface area contributed by atoms with Crippen LogP contribution in [0.1, 0.15) is 5.56 Å². The van der Waals surface area contributed by atoms with E-state index in [1.165, 1.54) is 0 Å². The Hall–Kier alpha value is -0.880. The third-order valence-electron chi connectivity index (χ3n) is 1.52.